The zero-order valence-corrected chi connectivity index (χ0v) is 8.83. The second-order valence-corrected chi connectivity index (χ2v) is 3.73. The smallest absolute Gasteiger partial charge is 0.0394 e. The van der Waals surface area contributed by atoms with Crippen LogP contribution in [0.4, 0.5) is 5.69 Å². The molecule has 0 heterocycles. The van der Waals surface area contributed by atoms with E-state index in [2.05, 4.69) is 30.0 Å². The fraction of sp³-hybridized carbons (Fsp3) is 0.455. The van der Waals surface area contributed by atoms with Crippen molar-refractivity contribution in [3.63, 3.8) is 0 Å². The van der Waals surface area contributed by atoms with Crippen molar-refractivity contribution in [3.8, 4) is 0 Å². The van der Waals surface area contributed by atoms with E-state index in [0.717, 1.165) is 0 Å². The van der Waals surface area contributed by atoms with Gasteiger partial charge in [-0.3, -0.25) is 0 Å². The van der Waals surface area contributed by atoms with Gasteiger partial charge in [0.1, 0.15) is 0 Å². The quantitative estimate of drug-likeness (QED) is 0.751. The van der Waals surface area contributed by atoms with Gasteiger partial charge in [0.25, 0.3) is 0 Å². The molecule has 1 aromatic rings. The molecule has 0 saturated carbocycles. The Kier molecular flexibility index (Phi) is 2.94. The first-order valence-corrected chi connectivity index (χ1v) is 4.56. The van der Waals surface area contributed by atoms with E-state index in [1.807, 2.05) is 21.0 Å². The maximum Gasteiger partial charge on any atom is 0.0394 e. The van der Waals surface area contributed by atoms with Gasteiger partial charge in [0.05, 0.1) is 0 Å². The van der Waals surface area contributed by atoms with E-state index >= 15 is 0 Å². The van der Waals surface area contributed by atoms with Crippen LogP contribution >= 0.6 is 0 Å². The number of nitrogens with zero attached hydrogens (tertiary/aromatic N) is 1. The van der Waals surface area contributed by atoms with Crippen LogP contribution in [0.2, 0.25) is 0 Å². The van der Waals surface area contributed by atoms with Crippen LogP contribution in [0.5, 0.6) is 0 Å². The van der Waals surface area contributed by atoms with E-state index in [-0.39, 0.29) is 6.04 Å². The molecule has 72 valence electrons. The first-order chi connectivity index (χ1) is 6.02. The summed E-state index contributed by atoms with van der Waals surface area (Å²) in [5, 5.41) is 0. The largest absolute Gasteiger partial charge is 0.377 e. The fourth-order valence-electron chi connectivity index (χ4n) is 1.39. The minimum atomic E-state index is 0.110. The maximum absolute atomic E-state index is 5.81. The highest BCUT2D eigenvalue weighted by atomic mass is 15.1. The molecule has 1 aromatic carbocycles. The van der Waals surface area contributed by atoms with Gasteiger partial charge in [-0.05, 0) is 31.0 Å². The van der Waals surface area contributed by atoms with Crippen molar-refractivity contribution < 1.29 is 0 Å². The number of aryl methyl sites for hydroxylation is 1. The Labute approximate surface area is 80.4 Å². The van der Waals surface area contributed by atoms with Gasteiger partial charge < -0.3 is 10.6 Å². The maximum atomic E-state index is 5.81. The minimum Gasteiger partial charge on any atom is -0.377 e. The summed E-state index contributed by atoms with van der Waals surface area (Å²) in [5.74, 6) is 0. The zero-order valence-electron chi connectivity index (χ0n) is 8.83. The third kappa shape index (κ3) is 2.22. The standard InChI is InChI=1S/C11H18N2/c1-8-5-6-10(9(2)12)7-11(8)13(3)4/h5-7,9H,12H2,1-4H3. The molecule has 1 rings (SSSR count). The summed E-state index contributed by atoms with van der Waals surface area (Å²) in [6.07, 6.45) is 0. The van der Waals surface area contributed by atoms with E-state index in [0.29, 0.717) is 0 Å². The van der Waals surface area contributed by atoms with Gasteiger partial charge in [0.15, 0.2) is 0 Å². The Bertz CT molecular complexity index is 290. The molecule has 0 fully saturated rings. The minimum absolute atomic E-state index is 0.110. The highest BCUT2D eigenvalue weighted by molar-refractivity contribution is 5.54. The van der Waals surface area contributed by atoms with Crippen molar-refractivity contribution >= 4 is 5.69 Å². The van der Waals surface area contributed by atoms with Gasteiger partial charge in [-0.1, -0.05) is 12.1 Å². The van der Waals surface area contributed by atoms with Crippen molar-refractivity contribution in [2.45, 2.75) is 19.9 Å². The molecule has 0 radical (unpaired) electrons. The van der Waals surface area contributed by atoms with Gasteiger partial charge in [-0.2, -0.15) is 0 Å². The van der Waals surface area contributed by atoms with Crippen LogP contribution in [-0.2, 0) is 0 Å². The molecular formula is C11H18N2. The second kappa shape index (κ2) is 3.79. The molecule has 2 heteroatoms. The average Bonchev–Trinajstić information content (AvgIpc) is 2.04. The lowest BCUT2D eigenvalue weighted by molar-refractivity contribution is 0.817. The molecule has 0 aromatic heterocycles. The summed E-state index contributed by atoms with van der Waals surface area (Å²) in [7, 11) is 4.10. The van der Waals surface area contributed by atoms with Crippen molar-refractivity contribution in [1.29, 1.82) is 0 Å². The summed E-state index contributed by atoms with van der Waals surface area (Å²) in [4.78, 5) is 2.11. The van der Waals surface area contributed by atoms with Crippen LogP contribution in [0.1, 0.15) is 24.1 Å². The first kappa shape index (κ1) is 10.1. The predicted octanol–water partition coefficient (Wildman–Crippen LogP) is 2.08. The van der Waals surface area contributed by atoms with Crippen molar-refractivity contribution in [1.82, 2.24) is 0 Å². The molecule has 2 N–H and O–H groups in total. The summed E-state index contributed by atoms with van der Waals surface area (Å²) < 4.78 is 0. The zero-order chi connectivity index (χ0) is 10.0. The molecule has 0 aliphatic rings. The summed E-state index contributed by atoms with van der Waals surface area (Å²) in [6, 6.07) is 6.47. The van der Waals surface area contributed by atoms with Crippen LogP contribution < -0.4 is 10.6 Å². The lowest BCUT2D eigenvalue weighted by Gasteiger charge is -2.17. The molecule has 0 spiro atoms. The number of nitrogens with two attached hydrogens (primary N) is 1. The molecule has 13 heavy (non-hydrogen) atoms. The lowest BCUT2D eigenvalue weighted by Crippen LogP contribution is -2.12. The topological polar surface area (TPSA) is 29.3 Å². The van der Waals surface area contributed by atoms with Gasteiger partial charge in [0, 0.05) is 25.8 Å². The number of rotatable bonds is 2. The Balaban J connectivity index is 3.11. The van der Waals surface area contributed by atoms with E-state index in [1.165, 1.54) is 16.8 Å². The van der Waals surface area contributed by atoms with Crippen molar-refractivity contribution in [2.75, 3.05) is 19.0 Å². The van der Waals surface area contributed by atoms with Crippen molar-refractivity contribution in [3.05, 3.63) is 29.3 Å². The lowest BCUT2D eigenvalue weighted by atomic mass is 10.1. The first-order valence-electron chi connectivity index (χ1n) is 4.56. The molecule has 0 aliphatic carbocycles. The monoisotopic (exact) mass is 178 g/mol. The molecule has 1 unspecified atom stereocenters. The number of hydrogen-bond donors (Lipinski definition) is 1. The highest BCUT2D eigenvalue weighted by Crippen LogP contribution is 2.22. The van der Waals surface area contributed by atoms with Crippen LogP contribution in [-0.4, -0.2) is 14.1 Å². The van der Waals surface area contributed by atoms with Crippen LogP contribution in [0, 0.1) is 6.92 Å². The normalized spacial score (nSPS) is 12.7. The molecular weight excluding hydrogens is 160 g/mol. The molecule has 1 atom stereocenters. The molecule has 2 nitrogen and oxygen atoms in total. The predicted molar refractivity (Wildman–Crippen MR) is 58.1 cm³/mol. The summed E-state index contributed by atoms with van der Waals surface area (Å²) in [6.45, 7) is 4.12. The number of hydrogen-bond acceptors (Lipinski definition) is 2. The molecule has 0 saturated heterocycles. The third-order valence-electron chi connectivity index (χ3n) is 2.24. The Morgan fingerprint density at radius 2 is 1.92 bits per heavy atom. The number of benzene rings is 1. The third-order valence-corrected chi connectivity index (χ3v) is 2.24. The molecule has 0 bridgehead atoms. The van der Waals surface area contributed by atoms with Gasteiger partial charge in [0.2, 0.25) is 0 Å². The Hall–Kier alpha value is -1.02. The Morgan fingerprint density at radius 3 is 2.38 bits per heavy atom. The van der Waals surface area contributed by atoms with Gasteiger partial charge in [-0.25, -0.2) is 0 Å². The van der Waals surface area contributed by atoms with Crippen LogP contribution in [0.25, 0.3) is 0 Å². The summed E-state index contributed by atoms with van der Waals surface area (Å²) in [5.41, 5.74) is 9.54. The van der Waals surface area contributed by atoms with E-state index < -0.39 is 0 Å². The SMILES string of the molecule is Cc1ccc(C(C)N)cc1N(C)C. The average molecular weight is 178 g/mol. The molecule has 0 amide bonds. The molecule has 0 aliphatic heterocycles. The van der Waals surface area contributed by atoms with Crippen LogP contribution in [0.3, 0.4) is 0 Å². The highest BCUT2D eigenvalue weighted by Gasteiger charge is 2.04. The van der Waals surface area contributed by atoms with E-state index in [4.69, 9.17) is 5.73 Å². The summed E-state index contributed by atoms with van der Waals surface area (Å²) >= 11 is 0. The number of anilines is 1. The fourth-order valence-corrected chi connectivity index (χ4v) is 1.39. The van der Waals surface area contributed by atoms with E-state index in [1.54, 1.807) is 0 Å². The van der Waals surface area contributed by atoms with Crippen LogP contribution in [0.15, 0.2) is 18.2 Å². The van der Waals surface area contributed by atoms with Gasteiger partial charge >= 0.3 is 0 Å². The van der Waals surface area contributed by atoms with E-state index in [9.17, 15) is 0 Å². The van der Waals surface area contributed by atoms with Crippen molar-refractivity contribution in [2.24, 2.45) is 5.73 Å². The Morgan fingerprint density at radius 1 is 1.31 bits per heavy atom. The second-order valence-electron chi connectivity index (χ2n) is 3.73. The van der Waals surface area contributed by atoms with Gasteiger partial charge in [-0.15, -0.1) is 0 Å².